The predicted octanol–water partition coefficient (Wildman–Crippen LogP) is 2.19. The molecule has 1 aromatic heterocycles. The van der Waals surface area contributed by atoms with Crippen molar-refractivity contribution in [3.8, 4) is 0 Å². The van der Waals surface area contributed by atoms with Crippen molar-refractivity contribution >= 4 is 22.5 Å². The van der Waals surface area contributed by atoms with E-state index < -0.39 is 0 Å². The maximum Gasteiger partial charge on any atom is 0.224 e. The molecule has 0 saturated carbocycles. The molecule has 0 aliphatic rings. The lowest BCUT2D eigenvalue weighted by atomic mass is 10.2. The third-order valence-electron chi connectivity index (χ3n) is 2.72. The molecule has 4 nitrogen and oxygen atoms in total. The number of fused-ring (bicyclic) bond motifs is 1. The highest BCUT2D eigenvalue weighted by molar-refractivity contribution is 6.02. The summed E-state index contributed by atoms with van der Waals surface area (Å²) < 4.78 is 0. The zero-order valence-corrected chi connectivity index (χ0v) is 9.79. The number of aliphatic hydroxyl groups is 1. The topological polar surface area (TPSA) is 65.1 Å². The van der Waals surface area contributed by atoms with Crippen LogP contribution in [0, 0.1) is 6.92 Å². The third-order valence-corrected chi connectivity index (χ3v) is 2.72. The van der Waals surface area contributed by atoms with Gasteiger partial charge in [0.05, 0.1) is 5.69 Å². The van der Waals surface area contributed by atoms with Crippen LogP contribution in [0.1, 0.15) is 18.5 Å². The van der Waals surface area contributed by atoms with Gasteiger partial charge in [-0.2, -0.15) is 0 Å². The van der Waals surface area contributed by atoms with Crippen molar-refractivity contribution in [3.63, 3.8) is 0 Å². The minimum absolute atomic E-state index is 0.0420. The van der Waals surface area contributed by atoms with Gasteiger partial charge in [-0.3, -0.25) is 4.79 Å². The second-order valence-corrected chi connectivity index (χ2v) is 4.05. The Morgan fingerprint density at radius 1 is 1.41 bits per heavy atom. The summed E-state index contributed by atoms with van der Waals surface area (Å²) in [6.45, 7) is 1.97. The van der Waals surface area contributed by atoms with Gasteiger partial charge < -0.3 is 15.4 Å². The Hall–Kier alpha value is -1.81. The number of aromatic nitrogens is 1. The molecule has 1 heterocycles. The molecule has 1 amide bonds. The van der Waals surface area contributed by atoms with Crippen LogP contribution in [0.3, 0.4) is 0 Å². The quantitative estimate of drug-likeness (QED) is 0.756. The van der Waals surface area contributed by atoms with Crippen molar-refractivity contribution < 1.29 is 9.90 Å². The first-order valence-corrected chi connectivity index (χ1v) is 5.70. The van der Waals surface area contributed by atoms with Crippen LogP contribution in [0.15, 0.2) is 24.3 Å². The summed E-state index contributed by atoms with van der Waals surface area (Å²) in [6.07, 6.45) is 0.836. The van der Waals surface area contributed by atoms with Crippen molar-refractivity contribution in [3.05, 3.63) is 30.0 Å². The highest BCUT2D eigenvalue weighted by Gasteiger charge is 2.10. The number of aryl methyl sites for hydroxylation is 1. The number of para-hydroxylation sites is 1. The highest BCUT2D eigenvalue weighted by atomic mass is 16.3. The average molecular weight is 232 g/mol. The fourth-order valence-electron chi connectivity index (χ4n) is 1.88. The molecule has 0 atom stereocenters. The number of H-pyrrole nitrogens is 1. The molecule has 2 rings (SSSR count). The number of benzene rings is 1. The normalized spacial score (nSPS) is 10.7. The monoisotopic (exact) mass is 232 g/mol. The van der Waals surface area contributed by atoms with Crippen LogP contribution in [-0.2, 0) is 4.79 Å². The van der Waals surface area contributed by atoms with Gasteiger partial charge in [-0.25, -0.2) is 0 Å². The molecule has 0 aliphatic heterocycles. The van der Waals surface area contributed by atoms with Crippen molar-refractivity contribution in [2.75, 3.05) is 11.9 Å². The molecule has 0 spiro atoms. The van der Waals surface area contributed by atoms with Crippen LogP contribution in [0.2, 0.25) is 0 Å². The number of amides is 1. The average Bonchev–Trinajstić information content (AvgIpc) is 2.64. The summed E-state index contributed by atoms with van der Waals surface area (Å²) in [5, 5.41) is 12.6. The molecule has 0 saturated heterocycles. The van der Waals surface area contributed by atoms with Crippen LogP contribution in [0.4, 0.5) is 5.69 Å². The molecular weight excluding hydrogens is 216 g/mol. The van der Waals surface area contributed by atoms with Gasteiger partial charge in [-0.15, -0.1) is 0 Å². The summed E-state index contributed by atoms with van der Waals surface area (Å²) in [4.78, 5) is 14.9. The van der Waals surface area contributed by atoms with Gasteiger partial charge in [0.1, 0.15) is 0 Å². The Balaban J connectivity index is 2.23. The van der Waals surface area contributed by atoms with Crippen molar-refractivity contribution in [2.24, 2.45) is 0 Å². The molecule has 0 bridgehead atoms. The first-order valence-electron chi connectivity index (χ1n) is 5.70. The van der Waals surface area contributed by atoms with E-state index in [0.29, 0.717) is 12.8 Å². The second kappa shape index (κ2) is 5.01. The van der Waals surface area contributed by atoms with Gasteiger partial charge in [0, 0.05) is 29.6 Å². The Bertz CT molecular complexity index is 531. The van der Waals surface area contributed by atoms with E-state index in [1.165, 1.54) is 0 Å². The van der Waals surface area contributed by atoms with Crippen LogP contribution in [0.25, 0.3) is 10.9 Å². The molecule has 2 aromatic rings. The van der Waals surface area contributed by atoms with Crippen molar-refractivity contribution in [1.29, 1.82) is 0 Å². The van der Waals surface area contributed by atoms with E-state index in [1.54, 1.807) is 0 Å². The lowest BCUT2D eigenvalue weighted by Gasteiger charge is -2.04. The number of carbonyl (C=O) groups excluding carboxylic acids is 1. The minimum Gasteiger partial charge on any atom is -0.396 e. The first-order chi connectivity index (χ1) is 8.22. The van der Waals surface area contributed by atoms with Crippen LogP contribution >= 0.6 is 0 Å². The lowest BCUT2D eigenvalue weighted by molar-refractivity contribution is -0.116. The number of hydrogen-bond donors (Lipinski definition) is 3. The number of carbonyl (C=O) groups is 1. The van der Waals surface area contributed by atoms with Crippen molar-refractivity contribution in [1.82, 2.24) is 4.98 Å². The molecular formula is C13H16N2O2. The molecule has 17 heavy (non-hydrogen) atoms. The fraction of sp³-hybridized carbons (Fsp3) is 0.308. The zero-order chi connectivity index (χ0) is 12.3. The summed E-state index contributed by atoms with van der Waals surface area (Å²) >= 11 is 0. The molecule has 0 radical (unpaired) electrons. The number of anilines is 1. The number of hydrogen-bond acceptors (Lipinski definition) is 2. The molecule has 0 unspecified atom stereocenters. The number of aliphatic hydroxyl groups excluding tert-OH is 1. The maximum atomic E-state index is 11.6. The third kappa shape index (κ3) is 2.47. The number of nitrogens with one attached hydrogen (secondary N) is 2. The zero-order valence-electron chi connectivity index (χ0n) is 9.79. The summed E-state index contributed by atoms with van der Waals surface area (Å²) in [5.74, 6) is -0.0631. The second-order valence-electron chi connectivity index (χ2n) is 4.05. The van der Waals surface area contributed by atoms with Gasteiger partial charge in [0.25, 0.3) is 0 Å². The van der Waals surface area contributed by atoms with E-state index in [4.69, 9.17) is 5.11 Å². The predicted molar refractivity (Wildman–Crippen MR) is 68.0 cm³/mol. The summed E-state index contributed by atoms with van der Waals surface area (Å²) in [7, 11) is 0. The maximum absolute atomic E-state index is 11.6. The first kappa shape index (κ1) is 11.7. The van der Waals surface area contributed by atoms with Gasteiger partial charge in [-0.05, 0) is 19.4 Å². The SMILES string of the molecule is Cc1[nH]c2ccccc2c1NC(=O)CCCO. The Labute approximate surface area is 99.7 Å². The molecule has 1 aromatic carbocycles. The molecule has 4 heteroatoms. The van der Waals surface area contributed by atoms with E-state index in [9.17, 15) is 4.79 Å². The van der Waals surface area contributed by atoms with Gasteiger partial charge in [-0.1, -0.05) is 18.2 Å². The number of aromatic amines is 1. The largest absolute Gasteiger partial charge is 0.396 e. The number of rotatable bonds is 4. The molecule has 3 N–H and O–H groups in total. The lowest BCUT2D eigenvalue weighted by Crippen LogP contribution is -2.12. The Morgan fingerprint density at radius 3 is 2.94 bits per heavy atom. The Morgan fingerprint density at radius 2 is 2.18 bits per heavy atom. The standard InChI is InChI=1S/C13H16N2O2/c1-9-13(15-12(17)7-4-8-16)10-5-2-3-6-11(10)14-9/h2-3,5-6,14,16H,4,7-8H2,1H3,(H,15,17). The minimum atomic E-state index is -0.0631. The van der Waals surface area contributed by atoms with E-state index in [1.807, 2.05) is 31.2 Å². The van der Waals surface area contributed by atoms with Crippen LogP contribution in [-0.4, -0.2) is 22.6 Å². The summed E-state index contributed by atoms with van der Waals surface area (Å²) in [6, 6.07) is 7.85. The van der Waals surface area contributed by atoms with Crippen LogP contribution < -0.4 is 5.32 Å². The summed E-state index contributed by atoms with van der Waals surface area (Å²) in [5.41, 5.74) is 2.80. The van der Waals surface area contributed by atoms with Crippen molar-refractivity contribution in [2.45, 2.75) is 19.8 Å². The van der Waals surface area contributed by atoms with E-state index in [-0.39, 0.29) is 12.5 Å². The van der Waals surface area contributed by atoms with E-state index >= 15 is 0 Å². The van der Waals surface area contributed by atoms with E-state index in [2.05, 4.69) is 10.3 Å². The molecule has 0 fully saturated rings. The fourth-order valence-corrected chi connectivity index (χ4v) is 1.88. The van der Waals surface area contributed by atoms with Crippen LogP contribution in [0.5, 0.6) is 0 Å². The smallest absolute Gasteiger partial charge is 0.224 e. The Kier molecular flexibility index (Phi) is 3.44. The molecule has 0 aliphatic carbocycles. The van der Waals surface area contributed by atoms with E-state index in [0.717, 1.165) is 22.3 Å². The highest BCUT2D eigenvalue weighted by Crippen LogP contribution is 2.26. The van der Waals surface area contributed by atoms with Gasteiger partial charge in [0.15, 0.2) is 0 Å². The van der Waals surface area contributed by atoms with Gasteiger partial charge in [0.2, 0.25) is 5.91 Å². The molecule has 90 valence electrons. The van der Waals surface area contributed by atoms with Gasteiger partial charge >= 0.3 is 0 Å².